The van der Waals surface area contributed by atoms with Crippen molar-refractivity contribution in [2.24, 2.45) is 0 Å². The minimum absolute atomic E-state index is 0.0877. The lowest BCUT2D eigenvalue weighted by Gasteiger charge is -2.42. The molecule has 2 aliphatic carbocycles. The summed E-state index contributed by atoms with van der Waals surface area (Å²) >= 11 is 0. The van der Waals surface area contributed by atoms with E-state index in [0.717, 1.165) is 18.4 Å². The number of rotatable bonds is 4. The van der Waals surface area contributed by atoms with Crippen molar-refractivity contribution in [2.75, 3.05) is 0 Å². The minimum atomic E-state index is -0.883. The van der Waals surface area contributed by atoms with Crippen LogP contribution in [0.2, 0.25) is 0 Å². The fourth-order valence-corrected chi connectivity index (χ4v) is 4.45. The van der Waals surface area contributed by atoms with Crippen LogP contribution in [0, 0.1) is 6.92 Å². The third kappa shape index (κ3) is 3.39. The second-order valence-corrected chi connectivity index (χ2v) is 9.70. The Morgan fingerprint density at radius 1 is 0.962 bits per heavy atom. The Hall–Kier alpha value is -1.83. The van der Waals surface area contributed by atoms with Crippen LogP contribution in [-0.2, 0) is 21.0 Å². The monoisotopic (exact) mass is 352 g/mol. The molecule has 1 aromatic carbocycles. The van der Waals surface area contributed by atoms with E-state index in [1.807, 2.05) is 13.0 Å². The van der Waals surface area contributed by atoms with Gasteiger partial charge >= 0.3 is 5.97 Å². The molecule has 0 aromatic heterocycles. The van der Waals surface area contributed by atoms with Crippen molar-refractivity contribution in [2.45, 2.75) is 83.5 Å². The quantitative estimate of drug-likeness (QED) is 0.536. The third-order valence-corrected chi connectivity index (χ3v) is 6.54. The van der Waals surface area contributed by atoms with E-state index in [4.69, 9.17) is 5.11 Å². The minimum Gasteiger partial charge on any atom is -0.478 e. The van der Waals surface area contributed by atoms with Crippen LogP contribution in [0.25, 0.3) is 0 Å². The summed E-state index contributed by atoms with van der Waals surface area (Å²) in [5.41, 5.74) is 7.15. The standard InChI is InChI=1S/C24H32O2/c1-16(13-21(25)26)7-8-24(11-12-24)18-15-20-19(14-17(18)2)22(3,4)9-10-23(20,5)6/h7-8,13-15H,9-12H2,1-6H3,(H,25,26)/b8-7+,16-13+. The molecule has 0 saturated heterocycles. The highest BCUT2D eigenvalue weighted by Gasteiger charge is 2.45. The number of aryl methyl sites for hydroxylation is 1. The normalized spacial score (nSPS) is 22.9. The molecule has 0 aliphatic heterocycles. The second-order valence-electron chi connectivity index (χ2n) is 9.70. The van der Waals surface area contributed by atoms with Crippen molar-refractivity contribution >= 4 is 5.97 Å². The van der Waals surface area contributed by atoms with Gasteiger partial charge in [-0.3, -0.25) is 0 Å². The number of carboxylic acid groups (broad SMARTS) is 1. The van der Waals surface area contributed by atoms with E-state index in [0.29, 0.717) is 0 Å². The number of hydrogen-bond acceptors (Lipinski definition) is 1. The van der Waals surface area contributed by atoms with E-state index < -0.39 is 5.97 Å². The maximum absolute atomic E-state index is 10.9. The van der Waals surface area contributed by atoms with Gasteiger partial charge < -0.3 is 5.11 Å². The lowest BCUT2D eigenvalue weighted by atomic mass is 9.62. The number of benzene rings is 1. The zero-order chi connectivity index (χ0) is 19.3. The van der Waals surface area contributed by atoms with E-state index in [9.17, 15) is 4.79 Å². The Balaban J connectivity index is 2.05. The molecule has 0 unspecified atom stereocenters. The van der Waals surface area contributed by atoms with E-state index >= 15 is 0 Å². The highest BCUT2D eigenvalue weighted by molar-refractivity contribution is 5.81. The van der Waals surface area contributed by atoms with Gasteiger partial charge in [0.1, 0.15) is 0 Å². The van der Waals surface area contributed by atoms with Crippen LogP contribution in [0.1, 0.15) is 82.6 Å². The summed E-state index contributed by atoms with van der Waals surface area (Å²) in [7, 11) is 0. The zero-order valence-corrected chi connectivity index (χ0v) is 17.1. The Morgan fingerprint density at radius 2 is 1.50 bits per heavy atom. The van der Waals surface area contributed by atoms with E-state index in [2.05, 4.69) is 52.8 Å². The van der Waals surface area contributed by atoms with Crippen molar-refractivity contribution in [1.82, 2.24) is 0 Å². The highest BCUT2D eigenvalue weighted by atomic mass is 16.4. The summed E-state index contributed by atoms with van der Waals surface area (Å²) in [5.74, 6) is -0.883. The lowest BCUT2D eigenvalue weighted by molar-refractivity contribution is -0.131. The summed E-state index contributed by atoms with van der Waals surface area (Å²) < 4.78 is 0. The molecular formula is C24H32O2. The second kappa shape index (κ2) is 6.11. The summed E-state index contributed by atoms with van der Waals surface area (Å²) in [5, 5.41) is 8.92. The van der Waals surface area contributed by atoms with Gasteiger partial charge in [0.2, 0.25) is 0 Å². The average molecular weight is 353 g/mol. The van der Waals surface area contributed by atoms with Crippen LogP contribution >= 0.6 is 0 Å². The van der Waals surface area contributed by atoms with Gasteiger partial charge in [-0.25, -0.2) is 4.79 Å². The third-order valence-electron chi connectivity index (χ3n) is 6.54. The smallest absolute Gasteiger partial charge is 0.328 e. The van der Waals surface area contributed by atoms with Crippen LogP contribution in [-0.4, -0.2) is 11.1 Å². The van der Waals surface area contributed by atoms with Gasteiger partial charge in [-0.15, -0.1) is 0 Å². The highest BCUT2D eigenvalue weighted by Crippen LogP contribution is 2.54. The Kier molecular flexibility index (Phi) is 4.45. The molecule has 0 atom stereocenters. The van der Waals surface area contributed by atoms with Crippen LogP contribution in [0.4, 0.5) is 0 Å². The molecule has 26 heavy (non-hydrogen) atoms. The molecule has 1 N–H and O–H groups in total. The predicted octanol–water partition coefficient (Wildman–Crippen LogP) is 5.96. The summed E-state index contributed by atoms with van der Waals surface area (Å²) in [4.78, 5) is 10.9. The van der Waals surface area contributed by atoms with Gasteiger partial charge in [-0.1, -0.05) is 52.0 Å². The van der Waals surface area contributed by atoms with E-state index in [-0.39, 0.29) is 16.2 Å². The molecule has 1 fully saturated rings. The van der Waals surface area contributed by atoms with Crippen molar-refractivity contribution in [3.05, 3.63) is 58.2 Å². The molecule has 0 heterocycles. The molecule has 1 saturated carbocycles. The fourth-order valence-electron chi connectivity index (χ4n) is 4.45. The van der Waals surface area contributed by atoms with Crippen molar-refractivity contribution in [3.8, 4) is 0 Å². The molecular weight excluding hydrogens is 320 g/mol. The molecule has 0 amide bonds. The number of carbonyl (C=O) groups is 1. The summed E-state index contributed by atoms with van der Waals surface area (Å²) in [6.07, 6.45) is 10.2. The first-order valence-electron chi connectivity index (χ1n) is 9.73. The SMILES string of the molecule is CC(/C=C/C1(c2cc3c(cc2C)C(C)(C)CCC3(C)C)CC1)=C\C(=O)O. The van der Waals surface area contributed by atoms with Gasteiger partial charge in [0, 0.05) is 11.5 Å². The van der Waals surface area contributed by atoms with E-state index in [1.165, 1.54) is 41.2 Å². The first-order valence-corrected chi connectivity index (χ1v) is 9.73. The molecule has 140 valence electrons. The Labute approximate surface area is 158 Å². The summed E-state index contributed by atoms with van der Waals surface area (Å²) in [6, 6.07) is 4.90. The van der Waals surface area contributed by atoms with Gasteiger partial charge in [0.15, 0.2) is 0 Å². The maximum Gasteiger partial charge on any atom is 0.328 e. The molecule has 2 aliphatic rings. The molecule has 2 nitrogen and oxygen atoms in total. The number of aliphatic carboxylic acids is 1. The van der Waals surface area contributed by atoms with Crippen molar-refractivity contribution < 1.29 is 9.90 Å². The van der Waals surface area contributed by atoms with Crippen molar-refractivity contribution in [3.63, 3.8) is 0 Å². The molecule has 2 heteroatoms. The van der Waals surface area contributed by atoms with Crippen LogP contribution < -0.4 is 0 Å². The van der Waals surface area contributed by atoms with Crippen LogP contribution in [0.15, 0.2) is 35.9 Å². The van der Waals surface area contributed by atoms with Gasteiger partial charge in [0.25, 0.3) is 0 Å². The number of carboxylic acids is 1. The molecule has 3 rings (SSSR count). The summed E-state index contributed by atoms with van der Waals surface area (Å²) in [6.45, 7) is 13.6. The number of hydrogen-bond donors (Lipinski definition) is 1. The van der Waals surface area contributed by atoms with Gasteiger partial charge in [-0.2, -0.15) is 0 Å². The van der Waals surface area contributed by atoms with Crippen molar-refractivity contribution in [1.29, 1.82) is 0 Å². The molecule has 0 radical (unpaired) electrons. The topological polar surface area (TPSA) is 37.3 Å². The largest absolute Gasteiger partial charge is 0.478 e. The molecule has 0 bridgehead atoms. The first-order chi connectivity index (χ1) is 12.0. The zero-order valence-electron chi connectivity index (χ0n) is 17.1. The first kappa shape index (κ1) is 18.9. The average Bonchev–Trinajstić information content (AvgIpc) is 3.30. The van der Waals surface area contributed by atoms with E-state index in [1.54, 1.807) is 0 Å². The molecule has 1 aromatic rings. The van der Waals surface area contributed by atoms with Crippen LogP contribution in [0.5, 0.6) is 0 Å². The maximum atomic E-state index is 10.9. The van der Waals surface area contributed by atoms with Gasteiger partial charge in [-0.05, 0) is 78.2 Å². The number of fused-ring (bicyclic) bond motifs is 1. The predicted molar refractivity (Wildman–Crippen MR) is 108 cm³/mol. The Bertz CT molecular complexity index is 802. The number of allylic oxidation sites excluding steroid dienone is 3. The van der Waals surface area contributed by atoms with Crippen LogP contribution in [0.3, 0.4) is 0 Å². The fraction of sp³-hybridized carbons (Fsp3) is 0.542. The van der Waals surface area contributed by atoms with Gasteiger partial charge in [0.05, 0.1) is 0 Å². The molecule has 0 spiro atoms. The lowest BCUT2D eigenvalue weighted by Crippen LogP contribution is -2.34. The Morgan fingerprint density at radius 3 is 2.00 bits per heavy atom.